The van der Waals surface area contributed by atoms with Crippen molar-refractivity contribution in [1.29, 1.82) is 0 Å². The van der Waals surface area contributed by atoms with Crippen LogP contribution in [0.5, 0.6) is 0 Å². The van der Waals surface area contributed by atoms with Crippen LogP contribution in [-0.4, -0.2) is 19.7 Å². The maximum absolute atomic E-state index is 10.6. The van der Waals surface area contributed by atoms with Gasteiger partial charge in [-0.3, -0.25) is 10.1 Å². The van der Waals surface area contributed by atoms with E-state index < -0.39 is 4.92 Å². The fourth-order valence-electron chi connectivity index (χ4n) is 1.20. The lowest BCUT2D eigenvalue weighted by Crippen LogP contribution is -1.98. The Balaban J connectivity index is 2.61. The molecule has 0 bridgehead atoms. The zero-order chi connectivity index (χ0) is 11.7. The molecule has 0 aliphatic carbocycles. The van der Waals surface area contributed by atoms with Gasteiger partial charge in [0.25, 0.3) is 5.69 Å². The van der Waals surface area contributed by atoms with Crippen LogP contribution in [0, 0.1) is 10.1 Å². The van der Waals surface area contributed by atoms with Crippen molar-refractivity contribution < 1.29 is 4.92 Å². The van der Waals surface area contributed by atoms with Crippen LogP contribution in [0.3, 0.4) is 0 Å². The molecule has 0 radical (unpaired) electrons. The van der Waals surface area contributed by atoms with E-state index in [-0.39, 0.29) is 15.7 Å². The average Bonchev–Trinajstić information content (AvgIpc) is 2.69. The standard InChI is InChI=1S/C8H4Cl2N4O2/c9-6-1-5(14(15)16)2-7(10)8(6)13-4-11-3-12-13/h1-4H. The summed E-state index contributed by atoms with van der Waals surface area (Å²) in [5, 5.41) is 14.7. The minimum atomic E-state index is -0.567. The highest BCUT2D eigenvalue weighted by Crippen LogP contribution is 2.32. The van der Waals surface area contributed by atoms with Gasteiger partial charge in [0.1, 0.15) is 18.3 Å². The minimum absolute atomic E-state index is 0.143. The molecule has 0 spiro atoms. The van der Waals surface area contributed by atoms with Gasteiger partial charge in [0, 0.05) is 12.1 Å². The summed E-state index contributed by atoms with van der Waals surface area (Å²) >= 11 is 11.8. The molecule has 0 fully saturated rings. The topological polar surface area (TPSA) is 73.8 Å². The summed E-state index contributed by atoms with van der Waals surface area (Å²) in [7, 11) is 0. The summed E-state index contributed by atoms with van der Waals surface area (Å²) in [6, 6.07) is 2.43. The van der Waals surface area contributed by atoms with Crippen molar-refractivity contribution in [3.8, 4) is 5.69 Å². The first-order valence-electron chi connectivity index (χ1n) is 4.08. The Bertz CT molecular complexity index is 518. The van der Waals surface area contributed by atoms with Gasteiger partial charge in [0.15, 0.2) is 0 Å². The summed E-state index contributed by atoms with van der Waals surface area (Å²) in [5.74, 6) is 0. The van der Waals surface area contributed by atoms with E-state index in [4.69, 9.17) is 23.2 Å². The Kier molecular flexibility index (Phi) is 2.76. The molecular weight excluding hydrogens is 255 g/mol. The smallest absolute Gasteiger partial charge is 0.258 e. The van der Waals surface area contributed by atoms with Gasteiger partial charge in [-0.1, -0.05) is 23.2 Å². The molecule has 0 unspecified atom stereocenters. The average molecular weight is 259 g/mol. The molecule has 1 heterocycles. The van der Waals surface area contributed by atoms with Gasteiger partial charge in [-0.2, -0.15) is 5.10 Å². The zero-order valence-corrected chi connectivity index (χ0v) is 9.18. The van der Waals surface area contributed by atoms with E-state index >= 15 is 0 Å². The van der Waals surface area contributed by atoms with Crippen LogP contribution in [0.15, 0.2) is 24.8 Å². The molecule has 2 aromatic rings. The van der Waals surface area contributed by atoms with Crippen LogP contribution >= 0.6 is 23.2 Å². The first-order valence-corrected chi connectivity index (χ1v) is 4.83. The van der Waals surface area contributed by atoms with Gasteiger partial charge in [0.2, 0.25) is 0 Å². The van der Waals surface area contributed by atoms with Crippen LogP contribution in [-0.2, 0) is 0 Å². The van der Waals surface area contributed by atoms with Crippen LogP contribution in [0.1, 0.15) is 0 Å². The summed E-state index contributed by atoms with van der Waals surface area (Å²) < 4.78 is 1.34. The highest BCUT2D eigenvalue weighted by Gasteiger charge is 2.16. The Morgan fingerprint density at radius 1 is 1.31 bits per heavy atom. The third-order valence-corrected chi connectivity index (χ3v) is 2.44. The number of benzene rings is 1. The number of nitrogens with zero attached hydrogens (tertiary/aromatic N) is 4. The second-order valence-corrected chi connectivity index (χ2v) is 3.67. The normalized spacial score (nSPS) is 10.4. The van der Waals surface area contributed by atoms with Crippen molar-refractivity contribution in [2.24, 2.45) is 0 Å². The third kappa shape index (κ3) is 1.84. The molecule has 0 amide bonds. The zero-order valence-electron chi connectivity index (χ0n) is 7.67. The molecule has 8 heteroatoms. The molecule has 82 valence electrons. The molecular formula is C8H4Cl2N4O2. The van der Waals surface area contributed by atoms with Crippen LogP contribution < -0.4 is 0 Å². The second kappa shape index (κ2) is 4.07. The Hall–Kier alpha value is -1.66. The molecule has 0 aliphatic rings. The van der Waals surface area contributed by atoms with Gasteiger partial charge in [-0.15, -0.1) is 0 Å². The van der Waals surface area contributed by atoms with Gasteiger partial charge in [-0.25, -0.2) is 9.67 Å². The largest absolute Gasteiger partial charge is 0.272 e. The minimum Gasteiger partial charge on any atom is -0.258 e. The number of aromatic nitrogens is 3. The predicted molar refractivity (Wildman–Crippen MR) is 58.0 cm³/mol. The number of nitro groups is 1. The van der Waals surface area contributed by atoms with E-state index in [1.807, 2.05) is 0 Å². The fraction of sp³-hybridized carbons (Fsp3) is 0. The first-order chi connectivity index (χ1) is 7.59. The third-order valence-electron chi connectivity index (χ3n) is 1.86. The fourth-order valence-corrected chi connectivity index (χ4v) is 1.85. The SMILES string of the molecule is O=[N+]([O-])c1cc(Cl)c(-n2cncn2)c(Cl)c1. The summed E-state index contributed by atoms with van der Waals surface area (Å²) in [6.45, 7) is 0. The molecule has 0 aliphatic heterocycles. The second-order valence-electron chi connectivity index (χ2n) is 2.86. The highest BCUT2D eigenvalue weighted by atomic mass is 35.5. The number of hydrogen-bond donors (Lipinski definition) is 0. The number of halogens is 2. The summed E-state index contributed by atoms with van der Waals surface area (Å²) in [4.78, 5) is 13.7. The van der Waals surface area contributed by atoms with E-state index in [1.165, 1.54) is 29.5 Å². The Labute approximate surface area is 99.6 Å². The lowest BCUT2D eigenvalue weighted by molar-refractivity contribution is -0.384. The Morgan fingerprint density at radius 3 is 2.38 bits per heavy atom. The molecule has 1 aromatic heterocycles. The van der Waals surface area contributed by atoms with Crippen molar-refractivity contribution in [2.45, 2.75) is 0 Å². The molecule has 0 saturated carbocycles. The lowest BCUT2D eigenvalue weighted by atomic mass is 10.3. The summed E-state index contributed by atoms with van der Waals surface area (Å²) in [5.41, 5.74) is 0.199. The summed E-state index contributed by atoms with van der Waals surface area (Å²) in [6.07, 6.45) is 2.72. The number of non-ortho nitro benzene ring substituents is 1. The van der Waals surface area contributed by atoms with Gasteiger partial charge >= 0.3 is 0 Å². The maximum atomic E-state index is 10.6. The van der Waals surface area contributed by atoms with E-state index in [2.05, 4.69) is 10.1 Å². The van der Waals surface area contributed by atoms with E-state index in [0.717, 1.165) is 0 Å². The monoisotopic (exact) mass is 258 g/mol. The molecule has 0 N–H and O–H groups in total. The van der Waals surface area contributed by atoms with Crippen molar-refractivity contribution in [3.63, 3.8) is 0 Å². The van der Waals surface area contributed by atoms with E-state index in [9.17, 15) is 10.1 Å². The first kappa shape index (κ1) is 10.8. The van der Waals surface area contributed by atoms with Crippen LogP contribution in [0.25, 0.3) is 5.69 Å². The van der Waals surface area contributed by atoms with Gasteiger partial charge < -0.3 is 0 Å². The molecule has 0 saturated heterocycles. The predicted octanol–water partition coefficient (Wildman–Crippen LogP) is 2.48. The van der Waals surface area contributed by atoms with Gasteiger partial charge in [0.05, 0.1) is 15.0 Å². The van der Waals surface area contributed by atoms with E-state index in [1.54, 1.807) is 0 Å². The van der Waals surface area contributed by atoms with Crippen LogP contribution in [0.2, 0.25) is 10.0 Å². The van der Waals surface area contributed by atoms with Crippen molar-refractivity contribution in [3.05, 3.63) is 44.9 Å². The van der Waals surface area contributed by atoms with Crippen molar-refractivity contribution in [1.82, 2.24) is 14.8 Å². The number of rotatable bonds is 2. The molecule has 0 atom stereocenters. The van der Waals surface area contributed by atoms with Crippen molar-refractivity contribution in [2.75, 3.05) is 0 Å². The molecule has 6 nitrogen and oxygen atoms in total. The van der Waals surface area contributed by atoms with Gasteiger partial charge in [-0.05, 0) is 0 Å². The molecule has 16 heavy (non-hydrogen) atoms. The number of nitro benzene ring substituents is 1. The van der Waals surface area contributed by atoms with Crippen molar-refractivity contribution >= 4 is 28.9 Å². The lowest BCUT2D eigenvalue weighted by Gasteiger charge is -2.05. The maximum Gasteiger partial charge on any atom is 0.272 e. The molecule has 1 aromatic carbocycles. The van der Waals surface area contributed by atoms with E-state index in [0.29, 0.717) is 5.69 Å². The number of hydrogen-bond acceptors (Lipinski definition) is 4. The quantitative estimate of drug-likeness (QED) is 0.613. The highest BCUT2D eigenvalue weighted by molar-refractivity contribution is 6.38. The van der Waals surface area contributed by atoms with Crippen LogP contribution in [0.4, 0.5) is 5.69 Å². The Morgan fingerprint density at radius 2 is 1.94 bits per heavy atom. The molecule has 2 rings (SSSR count).